The van der Waals surface area contributed by atoms with E-state index in [1.807, 2.05) is 24.3 Å². The van der Waals surface area contributed by atoms with Crippen LogP contribution in [0.3, 0.4) is 0 Å². The molecule has 0 saturated heterocycles. The Kier molecular flexibility index (Phi) is 4.46. The van der Waals surface area contributed by atoms with Crippen molar-refractivity contribution in [1.82, 2.24) is 0 Å². The van der Waals surface area contributed by atoms with Crippen molar-refractivity contribution >= 4 is 17.6 Å². The minimum absolute atomic E-state index is 0.107. The molecule has 0 aromatic heterocycles. The first-order valence-corrected chi connectivity index (χ1v) is 8.20. The van der Waals surface area contributed by atoms with Gasteiger partial charge in [-0.2, -0.15) is 0 Å². The Morgan fingerprint density at radius 2 is 1.91 bits per heavy atom. The molecule has 1 amide bonds. The molecule has 0 spiro atoms. The van der Waals surface area contributed by atoms with Gasteiger partial charge in [0.1, 0.15) is 0 Å². The minimum atomic E-state index is -0.789. The zero-order valence-corrected chi connectivity index (χ0v) is 12.8. The van der Waals surface area contributed by atoms with Gasteiger partial charge in [0.25, 0.3) is 0 Å². The van der Waals surface area contributed by atoms with E-state index in [9.17, 15) is 9.59 Å². The third-order valence-electron chi connectivity index (χ3n) is 5.20. The van der Waals surface area contributed by atoms with E-state index in [1.54, 1.807) is 0 Å². The molecule has 0 aliphatic heterocycles. The fourth-order valence-corrected chi connectivity index (χ4v) is 4.08. The first kappa shape index (κ1) is 15.1. The Morgan fingerprint density at radius 1 is 1.14 bits per heavy atom. The smallest absolute Gasteiger partial charge is 0.303 e. The zero-order valence-electron chi connectivity index (χ0n) is 12.8. The van der Waals surface area contributed by atoms with E-state index < -0.39 is 5.97 Å². The van der Waals surface area contributed by atoms with Gasteiger partial charge in [-0.05, 0) is 61.1 Å². The van der Waals surface area contributed by atoms with E-state index in [0.717, 1.165) is 23.1 Å². The van der Waals surface area contributed by atoms with Crippen molar-refractivity contribution in [1.29, 1.82) is 0 Å². The fourth-order valence-electron chi connectivity index (χ4n) is 4.08. The summed E-state index contributed by atoms with van der Waals surface area (Å²) in [6.07, 6.45) is 6.52. The highest BCUT2D eigenvalue weighted by molar-refractivity contribution is 5.90. The third-order valence-corrected chi connectivity index (χ3v) is 5.20. The predicted octanol–water partition coefficient (Wildman–Crippen LogP) is 3.47. The highest BCUT2D eigenvalue weighted by Crippen LogP contribution is 2.49. The van der Waals surface area contributed by atoms with Crippen molar-refractivity contribution in [3.8, 4) is 0 Å². The molecule has 4 nitrogen and oxygen atoms in total. The first-order chi connectivity index (χ1) is 10.6. The average molecular weight is 301 g/mol. The Labute approximate surface area is 130 Å². The number of carbonyl (C=O) groups excluding carboxylic acids is 1. The maximum Gasteiger partial charge on any atom is 0.303 e. The summed E-state index contributed by atoms with van der Waals surface area (Å²) in [7, 11) is 0. The molecule has 2 aliphatic carbocycles. The average Bonchev–Trinajstić information content (AvgIpc) is 3.09. The molecule has 2 saturated carbocycles. The van der Waals surface area contributed by atoms with Gasteiger partial charge in [0.05, 0.1) is 0 Å². The minimum Gasteiger partial charge on any atom is -0.481 e. The lowest BCUT2D eigenvalue weighted by Crippen LogP contribution is -2.20. The lowest BCUT2D eigenvalue weighted by molar-refractivity contribution is -0.137. The second-order valence-electron chi connectivity index (χ2n) is 6.78. The Bertz CT molecular complexity index is 552. The number of carbonyl (C=O) groups is 2. The van der Waals surface area contributed by atoms with E-state index >= 15 is 0 Å². The topological polar surface area (TPSA) is 66.4 Å². The first-order valence-electron chi connectivity index (χ1n) is 8.20. The van der Waals surface area contributed by atoms with Crippen LogP contribution in [0.25, 0.3) is 0 Å². The largest absolute Gasteiger partial charge is 0.481 e. The number of fused-ring (bicyclic) bond motifs is 2. The summed E-state index contributed by atoms with van der Waals surface area (Å²) < 4.78 is 0. The van der Waals surface area contributed by atoms with Crippen LogP contribution in [-0.2, 0) is 16.0 Å². The number of carboxylic acid groups (broad SMARTS) is 1. The molecule has 22 heavy (non-hydrogen) atoms. The number of nitrogens with one attached hydrogen (secondary N) is 1. The van der Waals surface area contributed by atoms with Crippen molar-refractivity contribution in [3.05, 3.63) is 29.8 Å². The Balaban J connectivity index is 1.48. The van der Waals surface area contributed by atoms with Gasteiger partial charge in [-0.1, -0.05) is 18.6 Å². The van der Waals surface area contributed by atoms with Crippen LogP contribution >= 0.6 is 0 Å². The second kappa shape index (κ2) is 6.51. The number of hydrogen-bond acceptors (Lipinski definition) is 2. The van der Waals surface area contributed by atoms with Gasteiger partial charge in [-0.3, -0.25) is 9.59 Å². The standard InChI is InChI=1S/C18H23NO3/c20-17(11-15-10-13-1-5-14(15)9-13)19-16-6-2-12(3-7-16)4-8-18(21)22/h2-3,6-7,13-15H,1,4-5,8-11H2,(H,19,20)(H,21,22). The maximum absolute atomic E-state index is 12.2. The lowest BCUT2D eigenvalue weighted by atomic mass is 9.86. The number of hydrogen-bond donors (Lipinski definition) is 2. The maximum atomic E-state index is 12.2. The number of benzene rings is 1. The molecule has 3 unspecified atom stereocenters. The van der Waals surface area contributed by atoms with Crippen molar-refractivity contribution < 1.29 is 14.7 Å². The van der Waals surface area contributed by atoms with Gasteiger partial charge >= 0.3 is 5.97 Å². The van der Waals surface area contributed by atoms with Crippen LogP contribution in [0.1, 0.15) is 44.1 Å². The molecular weight excluding hydrogens is 278 g/mol. The summed E-state index contributed by atoms with van der Waals surface area (Å²) in [6.45, 7) is 0. The molecule has 2 fully saturated rings. The number of anilines is 1. The van der Waals surface area contributed by atoms with E-state index in [4.69, 9.17) is 5.11 Å². The molecule has 2 N–H and O–H groups in total. The number of amides is 1. The van der Waals surface area contributed by atoms with Gasteiger partial charge < -0.3 is 10.4 Å². The monoisotopic (exact) mass is 301 g/mol. The van der Waals surface area contributed by atoms with Crippen molar-refractivity contribution in [2.45, 2.75) is 44.9 Å². The van der Waals surface area contributed by atoms with E-state index in [-0.39, 0.29) is 12.3 Å². The number of carboxylic acids is 1. The molecule has 118 valence electrons. The molecule has 2 aliphatic rings. The predicted molar refractivity (Wildman–Crippen MR) is 84.6 cm³/mol. The van der Waals surface area contributed by atoms with Gasteiger partial charge in [-0.25, -0.2) is 0 Å². The zero-order chi connectivity index (χ0) is 15.5. The molecule has 0 radical (unpaired) electrons. The van der Waals surface area contributed by atoms with Crippen molar-refractivity contribution in [2.75, 3.05) is 5.32 Å². The molecule has 0 heterocycles. The van der Waals surface area contributed by atoms with Crippen LogP contribution < -0.4 is 5.32 Å². The summed E-state index contributed by atoms with van der Waals surface area (Å²) in [4.78, 5) is 22.7. The van der Waals surface area contributed by atoms with Crippen LogP contribution in [-0.4, -0.2) is 17.0 Å². The van der Waals surface area contributed by atoms with Gasteiger partial charge in [0.15, 0.2) is 0 Å². The molecule has 1 aromatic carbocycles. The normalized spacial score (nSPS) is 26.1. The number of rotatable bonds is 6. The SMILES string of the molecule is O=C(O)CCc1ccc(NC(=O)CC2CC3CCC2C3)cc1. The third kappa shape index (κ3) is 3.67. The summed E-state index contributed by atoms with van der Waals surface area (Å²) in [6, 6.07) is 7.48. The summed E-state index contributed by atoms with van der Waals surface area (Å²) in [5.74, 6) is 1.54. The summed E-state index contributed by atoms with van der Waals surface area (Å²) in [5.41, 5.74) is 1.78. The molecule has 3 atom stereocenters. The van der Waals surface area contributed by atoms with Gasteiger partial charge in [0.2, 0.25) is 5.91 Å². The van der Waals surface area contributed by atoms with Crippen molar-refractivity contribution in [2.24, 2.45) is 17.8 Å². The van der Waals surface area contributed by atoms with Gasteiger partial charge in [-0.15, -0.1) is 0 Å². The highest BCUT2D eigenvalue weighted by Gasteiger charge is 2.40. The van der Waals surface area contributed by atoms with E-state index in [0.29, 0.717) is 18.8 Å². The fraction of sp³-hybridized carbons (Fsp3) is 0.556. The molecule has 2 bridgehead atoms. The molecule has 1 aromatic rings. The Hall–Kier alpha value is -1.84. The van der Waals surface area contributed by atoms with Crippen LogP contribution in [0.5, 0.6) is 0 Å². The molecular formula is C18H23NO3. The van der Waals surface area contributed by atoms with Crippen LogP contribution in [0.15, 0.2) is 24.3 Å². The molecule has 4 heteroatoms. The van der Waals surface area contributed by atoms with Crippen molar-refractivity contribution in [3.63, 3.8) is 0 Å². The van der Waals surface area contributed by atoms with Crippen LogP contribution in [0, 0.1) is 17.8 Å². The highest BCUT2D eigenvalue weighted by atomic mass is 16.4. The quantitative estimate of drug-likeness (QED) is 0.845. The van der Waals surface area contributed by atoms with Crippen LogP contribution in [0.2, 0.25) is 0 Å². The Morgan fingerprint density at radius 3 is 2.50 bits per heavy atom. The van der Waals surface area contributed by atoms with Crippen LogP contribution in [0.4, 0.5) is 5.69 Å². The lowest BCUT2D eigenvalue weighted by Gasteiger charge is -2.20. The molecule has 3 rings (SSSR count). The second-order valence-corrected chi connectivity index (χ2v) is 6.78. The number of aliphatic carboxylic acids is 1. The van der Waals surface area contributed by atoms with E-state index in [1.165, 1.54) is 25.7 Å². The van der Waals surface area contributed by atoms with E-state index in [2.05, 4.69) is 5.32 Å². The summed E-state index contributed by atoms with van der Waals surface area (Å²) in [5, 5.41) is 11.6. The number of aryl methyl sites for hydroxylation is 1. The van der Waals surface area contributed by atoms with Gasteiger partial charge in [0, 0.05) is 18.5 Å². The summed E-state index contributed by atoms with van der Waals surface area (Å²) >= 11 is 0.